The molecule has 0 bridgehead atoms. The van der Waals surface area contributed by atoms with E-state index in [0.717, 1.165) is 4.47 Å². The third kappa shape index (κ3) is 5.39. The highest BCUT2D eigenvalue weighted by molar-refractivity contribution is 14.1. The number of hydrogen-bond acceptors (Lipinski definition) is 6. The second-order valence-electron chi connectivity index (χ2n) is 5.14. The normalized spacial score (nSPS) is 10.7. The van der Waals surface area contributed by atoms with Crippen LogP contribution in [0.4, 0.5) is 5.69 Å². The number of rotatable bonds is 6. The fourth-order valence-electron chi connectivity index (χ4n) is 1.93. The Morgan fingerprint density at radius 1 is 1.46 bits per heavy atom. The smallest absolute Gasteiger partial charge is 0.311 e. The first-order chi connectivity index (χ1) is 12.3. The number of phenolic OH excluding ortho intramolecular Hbond substituents is 1. The van der Waals surface area contributed by atoms with Crippen LogP contribution in [-0.4, -0.2) is 28.8 Å². The van der Waals surface area contributed by atoms with E-state index < -0.39 is 17.4 Å². The van der Waals surface area contributed by atoms with Gasteiger partial charge in [0.1, 0.15) is 5.75 Å². The van der Waals surface area contributed by atoms with Crippen molar-refractivity contribution in [2.75, 3.05) is 6.61 Å². The van der Waals surface area contributed by atoms with Gasteiger partial charge in [0.25, 0.3) is 5.91 Å². The minimum atomic E-state index is -0.597. The molecule has 0 spiro atoms. The highest BCUT2D eigenvalue weighted by atomic mass is 127. The predicted octanol–water partition coefficient (Wildman–Crippen LogP) is 3.51. The van der Waals surface area contributed by atoms with Crippen molar-refractivity contribution in [3.63, 3.8) is 0 Å². The SMILES string of the molecule is Cc1ccc(OCC(=O)NN=Cc2cc(Br)cc(I)c2O)c([N+](=O)[O-])c1. The van der Waals surface area contributed by atoms with Gasteiger partial charge in [-0.05, 0) is 53.3 Å². The quantitative estimate of drug-likeness (QED) is 0.255. The van der Waals surface area contributed by atoms with E-state index >= 15 is 0 Å². The Morgan fingerprint density at radius 3 is 2.88 bits per heavy atom. The molecule has 26 heavy (non-hydrogen) atoms. The van der Waals surface area contributed by atoms with Gasteiger partial charge in [0.2, 0.25) is 0 Å². The van der Waals surface area contributed by atoms with Crippen molar-refractivity contribution in [1.82, 2.24) is 5.43 Å². The van der Waals surface area contributed by atoms with E-state index in [-0.39, 0.29) is 17.2 Å². The van der Waals surface area contributed by atoms with Crippen LogP contribution in [0.5, 0.6) is 11.5 Å². The van der Waals surface area contributed by atoms with Crippen molar-refractivity contribution >= 4 is 56.3 Å². The molecule has 0 radical (unpaired) electrons. The first-order valence-electron chi connectivity index (χ1n) is 7.15. The van der Waals surface area contributed by atoms with E-state index in [0.29, 0.717) is 14.7 Å². The summed E-state index contributed by atoms with van der Waals surface area (Å²) in [6, 6.07) is 7.82. The fourth-order valence-corrected chi connectivity index (χ4v) is 3.48. The zero-order chi connectivity index (χ0) is 19.3. The average molecular weight is 534 g/mol. The number of halogens is 2. The lowest BCUT2D eigenvalue weighted by Gasteiger charge is -2.06. The first-order valence-corrected chi connectivity index (χ1v) is 9.03. The molecule has 2 aromatic rings. The number of aryl methyl sites for hydroxylation is 1. The van der Waals surface area contributed by atoms with E-state index in [4.69, 9.17) is 4.74 Å². The van der Waals surface area contributed by atoms with Crippen LogP contribution in [-0.2, 0) is 4.79 Å². The van der Waals surface area contributed by atoms with Gasteiger partial charge in [-0.25, -0.2) is 5.43 Å². The Kier molecular flexibility index (Phi) is 6.91. The van der Waals surface area contributed by atoms with Gasteiger partial charge in [0, 0.05) is 16.1 Å². The molecule has 0 fully saturated rings. The van der Waals surface area contributed by atoms with Crippen LogP contribution in [0.15, 0.2) is 39.9 Å². The van der Waals surface area contributed by atoms with Crippen LogP contribution in [0.2, 0.25) is 0 Å². The largest absolute Gasteiger partial charge is 0.506 e. The summed E-state index contributed by atoms with van der Waals surface area (Å²) in [6.45, 7) is 1.28. The molecule has 136 valence electrons. The Hall–Kier alpha value is -2.21. The maximum Gasteiger partial charge on any atom is 0.311 e. The van der Waals surface area contributed by atoms with Gasteiger partial charge < -0.3 is 9.84 Å². The molecule has 2 aromatic carbocycles. The lowest BCUT2D eigenvalue weighted by molar-refractivity contribution is -0.385. The van der Waals surface area contributed by atoms with Gasteiger partial charge in [-0.15, -0.1) is 0 Å². The summed E-state index contributed by atoms with van der Waals surface area (Å²) >= 11 is 5.27. The van der Waals surface area contributed by atoms with E-state index in [2.05, 4.69) is 26.5 Å². The average Bonchev–Trinajstić information content (AvgIpc) is 2.57. The van der Waals surface area contributed by atoms with Crippen LogP contribution in [0.25, 0.3) is 0 Å². The van der Waals surface area contributed by atoms with E-state index in [9.17, 15) is 20.0 Å². The fraction of sp³-hybridized carbons (Fsp3) is 0.125. The van der Waals surface area contributed by atoms with Gasteiger partial charge in [0.05, 0.1) is 14.7 Å². The number of nitrogens with zero attached hydrogens (tertiary/aromatic N) is 2. The lowest BCUT2D eigenvalue weighted by Crippen LogP contribution is -2.24. The Balaban J connectivity index is 1.97. The Morgan fingerprint density at radius 2 is 2.19 bits per heavy atom. The number of nitrogens with one attached hydrogen (secondary N) is 1. The van der Waals surface area contributed by atoms with Crippen LogP contribution in [0.3, 0.4) is 0 Å². The molecule has 0 heterocycles. The molecule has 0 aliphatic carbocycles. The van der Waals surface area contributed by atoms with Crippen molar-refractivity contribution < 1.29 is 19.6 Å². The summed E-state index contributed by atoms with van der Waals surface area (Å²) < 4.78 is 6.57. The molecular formula is C16H13BrIN3O5. The molecule has 2 N–H and O–H groups in total. The summed E-state index contributed by atoms with van der Waals surface area (Å²) in [5, 5.41) is 24.7. The zero-order valence-corrected chi connectivity index (χ0v) is 17.1. The molecule has 0 saturated heterocycles. The lowest BCUT2D eigenvalue weighted by atomic mass is 10.2. The molecule has 1 amide bonds. The number of nitro benzene ring substituents is 1. The van der Waals surface area contributed by atoms with E-state index in [1.165, 1.54) is 18.3 Å². The van der Waals surface area contributed by atoms with Crippen LogP contribution in [0.1, 0.15) is 11.1 Å². The third-order valence-corrected chi connectivity index (χ3v) is 4.40. The third-order valence-electron chi connectivity index (χ3n) is 3.12. The second-order valence-corrected chi connectivity index (χ2v) is 7.21. The second kappa shape index (κ2) is 8.94. The van der Waals surface area contributed by atoms with Crippen molar-refractivity contribution in [3.8, 4) is 11.5 Å². The Labute approximate surface area is 170 Å². The number of benzene rings is 2. The van der Waals surface area contributed by atoms with Gasteiger partial charge >= 0.3 is 5.69 Å². The van der Waals surface area contributed by atoms with Gasteiger partial charge in [-0.1, -0.05) is 22.0 Å². The Bertz CT molecular complexity index is 888. The van der Waals surface area contributed by atoms with Crippen molar-refractivity contribution in [1.29, 1.82) is 0 Å². The summed E-state index contributed by atoms with van der Waals surface area (Å²) in [4.78, 5) is 22.2. The molecule has 0 aliphatic rings. The predicted molar refractivity (Wildman–Crippen MR) is 108 cm³/mol. The number of ether oxygens (including phenoxy) is 1. The highest BCUT2D eigenvalue weighted by Gasteiger charge is 2.16. The standard InChI is InChI=1S/C16H13BrIN3O5/c1-9-2-3-14(13(4-9)21(24)25)26-8-15(22)20-19-7-10-5-11(17)6-12(18)16(10)23/h2-7,23H,8H2,1H3,(H,20,22). The van der Waals surface area contributed by atoms with Crippen molar-refractivity contribution in [2.45, 2.75) is 6.92 Å². The topological polar surface area (TPSA) is 114 Å². The summed E-state index contributed by atoms with van der Waals surface area (Å²) in [5.41, 5.74) is 3.15. The van der Waals surface area contributed by atoms with Crippen LogP contribution >= 0.6 is 38.5 Å². The molecular weight excluding hydrogens is 521 g/mol. The van der Waals surface area contributed by atoms with E-state index in [1.807, 2.05) is 22.6 Å². The molecule has 2 rings (SSSR count). The number of carbonyl (C=O) groups excluding carboxylic acids is 1. The maximum absolute atomic E-state index is 11.8. The molecule has 0 aliphatic heterocycles. The number of nitro groups is 1. The number of aromatic hydroxyl groups is 1. The number of amides is 1. The number of hydrogen-bond donors (Lipinski definition) is 2. The molecule has 0 unspecified atom stereocenters. The maximum atomic E-state index is 11.8. The summed E-state index contributed by atoms with van der Waals surface area (Å²) in [7, 11) is 0. The van der Waals surface area contributed by atoms with Crippen LogP contribution in [0, 0.1) is 20.6 Å². The van der Waals surface area contributed by atoms with E-state index in [1.54, 1.807) is 25.1 Å². The summed E-state index contributed by atoms with van der Waals surface area (Å²) in [6.07, 6.45) is 1.29. The van der Waals surface area contributed by atoms with Gasteiger partial charge in [-0.2, -0.15) is 5.10 Å². The molecule has 10 heteroatoms. The molecule has 8 nitrogen and oxygen atoms in total. The molecule has 0 atom stereocenters. The van der Waals surface area contributed by atoms with Crippen molar-refractivity contribution in [3.05, 3.63) is 59.6 Å². The van der Waals surface area contributed by atoms with Gasteiger partial charge in [-0.3, -0.25) is 14.9 Å². The number of phenols is 1. The van der Waals surface area contributed by atoms with Crippen LogP contribution < -0.4 is 10.2 Å². The molecule has 0 aromatic heterocycles. The monoisotopic (exact) mass is 533 g/mol. The zero-order valence-electron chi connectivity index (χ0n) is 13.4. The first kappa shape index (κ1) is 20.1. The summed E-state index contributed by atoms with van der Waals surface area (Å²) in [5.74, 6) is -0.558. The minimum Gasteiger partial charge on any atom is -0.506 e. The number of hydrazone groups is 1. The van der Waals surface area contributed by atoms with Gasteiger partial charge in [0.15, 0.2) is 12.4 Å². The molecule has 0 saturated carbocycles. The minimum absolute atomic E-state index is 0.00100. The highest BCUT2D eigenvalue weighted by Crippen LogP contribution is 2.28. The number of carbonyl (C=O) groups is 1. The van der Waals surface area contributed by atoms with Crippen molar-refractivity contribution in [2.24, 2.45) is 5.10 Å².